The Morgan fingerprint density at radius 3 is 3.00 bits per heavy atom. The number of nitrogens with zero attached hydrogens (tertiary/aromatic N) is 2. The molecule has 2 heterocycles. The molecule has 2 aromatic rings. The summed E-state index contributed by atoms with van der Waals surface area (Å²) < 4.78 is 4.65. The predicted molar refractivity (Wildman–Crippen MR) is 98.4 cm³/mol. The van der Waals surface area contributed by atoms with Crippen LogP contribution in [0.15, 0.2) is 24.3 Å². The Labute approximate surface area is 155 Å². The number of β-amino-alcohol motifs (C(OH)–C–C–N with tert-alkyl or cyclic N) is 1. The van der Waals surface area contributed by atoms with Crippen LogP contribution in [0.25, 0.3) is 0 Å². The van der Waals surface area contributed by atoms with Crippen molar-refractivity contribution in [1.29, 1.82) is 0 Å². The highest BCUT2D eigenvalue weighted by molar-refractivity contribution is 7.18. The SMILES string of the molecule is COC(=O)c1sc(NCC(O)CN2CCc3ccccc3C2)nc1Cl. The van der Waals surface area contributed by atoms with Gasteiger partial charge in [-0.1, -0.05) is 47.2 Å². The number of aromatic nitrogens is 1. The third-order valence-corrected chi connectivity index (χ3v) is 5.50. The number of nitrogens with one attached hydrogen (secondary N) is 1. The second-order valence-corrected chi connectivity index (χ2v) is 7.28. The number of carbonyl (C=O) groups is 1. The fraction of sp³-hybridized carbons (Fsp3) is 0.412. The number of ether oxygens (including phenoxy) is 1. The second-order valence-electron chi connectivity index (χ2n) is 5.92. The summed E-state index contributed by atoms with van der Waals surface area (Å²) in [5.74, 6) is -0.511. The van der Waals surface area contributed by atoms with Crippen molar-refractivity contribution in [3.05, 3.63) is 45.4 Å². The van der Waals surface area contributed by atoms with E-state index in [0.29, 0.717) is 18.2 Å². The molecule has 0 bridgehead atoms. The molecule has 0 spiro atoms. The molecule has 0 saturated heterocycles. The smallest absolute Gasteiger partial charge is 0.351 e. The normalized spacial score (nSPS) is 15.5. The van der Waals surface area contributed by atoms with E-state index in [1.54, 1.807) is 0 Å². The van der Waals surface area contributed by atoms with Crippen LogP contribution in [0.5, 0.6) is 0 Å². The lowest BCUT2D eigenvalue weighted by atomic mass is 10.00. The summed E-state index contributed by atoms with van der Waals surface area (Å²) in [6.07, 6.45) is 0.454. The minimum absolute atomic E-state index is 0.112. The molecule has 0 aliphatic carbocycles. The van der Waals surface area contributed by atoms with Gasteiger partial charge in [0.05, 0.1) is 13.2 Å². The Hall–Kier alpha value is -1.67. The minimum atomic E-state index is -0.547. The fourth-order valence-corrected chi connectivity index (χ4v) is 3.98. The number of anilines is 1. The van der Waals surface area contributed by atoms with Gasteiger partial charge in [-0.05, 0) is 17.5 Å². The number of esters is 1. The summed E-state index contributed by atoms with van der Waals surface area (Å²) in [7, 11) is 1.30. The maximum Gasteiger partial charge on any atom is 0.351 e. The largest absolute Gasteiger partial charge is 0.465 e. The molecule has 1 aromatic carbocycles. The van der Waals surface area contributed by atoms with Gasteiger partial charge in [0.15, 0.2) is 15.2 Å². The molecule has 8 heteroatoms. The molecular weight excluding hydrogens is 362 g/mol. The van der Waals surface area contributed by atoms with Crippen LogP contribution in [-0.2, 0) is 17.7 Å². The van der Waals surface area contributed by atoms with Gasteiger partial charge >= 0.3 is 5.97 Å². The molecule has 25 heavy (non-hydrogen) atoms. The highest BCUT2D eigenvalue weighted by Gasteiger charge is 2.20. The lowest BCUT2D eigenvalue weighted by Gasteiger charge is -2.30. The minimum Gasteiger partial charge on any atom is -0.465 e. The lowest BCUT2D eigenvalue weighted by Crippen LogP contribution is -2.39. The van der Waals surface area contributed by atoms with Crippen molar-refractivity contribution in [2.24, 2.45) is 0 Å². The highest BCUT2D eigenvalue weighted by Crippen LogP contribution is 2.27. The molecule has 0 radical (unpaired) electrons. The van der Waals surface area contributed by atoms with Crippen molar-refractivity contribution in [1.82, 2.24) is 9.88 Å². The molecule has 1 atom stereocenters. The van der Waals surface area contributed by atoms with Crippen LogP contribution in [0.3, 0.4) is 0 Å². The number of aliphatic hydroxyl groups excluding tert-OH is 1. The van der Waals surface area contributed by atoms with Crippen molar-refractivity contribution in [2.45, 2.75) is 19.1 Å². The van der Waals surface area contributed by atoms with Gasteiger partial charge < -0.3 is 15.2 Å². The number of methoxy groups -OCH3 is 1. The number of hydrogen-bond donors (Lipinski definition) is 2. The summed E-state index contributed by atoms with van der Waals surface area (Å²) in [4.78, 5) is 18.1. The first-order chi connectivity index (χ1) is 12.1. The number of hydrogen-bond acceptors (Lipinski definition) is 7. The zero-order valence-electron chi connectivity index (χ0n) is 13.9. The van der Waals surface area contributed by atoms with Gasteiger partial charge in [0, 0.05) is 26.2 Å². The predicted octanol–water partition coefficient (Wildman–Crippen LogP) is 2.41. The van der Waals surface area contributed by atoms with Crippen molar-refractivity contribution in [3.8, 4) is 0 Å². The zero-order chi connectivity index (χ0) is 17.8. The number of rotatable bonds is 6. The number of carbonyl (C=O) groups excluding carboxylic acids is 1. The van der Waals surface area contributed by atoms with E-state index in [2.05, 4.69) is 38.1 Å². The number of fused-ring (bicyclic) bond motifs is 1. The molecule has 2 N–H and O–H groups in total. The van der Waals surface area contributed by atoms with E-state index in [9.17, 15) is 9.90 Å². The molecular formula is C17H20ClN3O3S. The van der Waals surface area contributed by atoms with E-state index in [4.69, 9.17) is 11.6 Å². The van der Waals surface area contributed by atoms with Gasteiger partial charge in [0.1, 0.15) is 0 Å². The summed E-state index contributed by atoms with van der Waals surface area (Å²) in [6.45, 7) is 2.69. The maximum atomic E-state index is 11.5. The van der Waals surface area contributed by atoms with E-state index >= 15 is 0 Å². The van der Waals surface area contributed by atoms with Crippen molar-refractivity contribution >= 4 is 34.0 Å². The molecule has 0 saturated carbocycles. The van der Waals surface area contributed by atoms with Crippen LogP contribution in [0.2, 0.25) is 5.15 Å². The van der Waals surface area contributed by atoms with E-state index < -0.39 is 12.1 Å². The molecule has 0 fully saturated rings. The van der Waals surface area contributed by atoms with Gasteiger partial charge in [-0.25, -0.2) is 9.78 Å². The second kappa shape index (κ2) is 8.14. The Balaban J connectivity index is 1.50. The first kappa shape index (κ1) is 18.1. The standard InChI is InChI=1S/C17H20ClN3O3S/c1-24-16(23)14-15(18)20-17(25-14)19-8-13(22)10-21-7-6-11-4-2-3-5-12(11)9-21/h2-5,13,22H,6-10H2,1H3,(H,19,20). The first-order valence-electron chi connectivity index (χ1n) is 8.02. The van der Waals surface area contributed by atoms with Crippen LogP contribution in [0.4, 0.5) is 5.13 Å². The maximum absolute atomic E-state index is 11.5. The lowest BCUT2D eigenvalue weighted by molar-refractivity contribution is 0.0606. The number of halogens is 1. The average Bonchev–Trinajstić information content (AvgIpc) is 3.00. The van der Waals surface area contributed by atoms with Gasteiger partial charge in [0.2, 0.25) is 0 Å². The third kappa shape index (κ3) is 4.49. The molecule has 1 aromatic heterocycles. The van der Waals surface area contributed by atoms with Crippen molar-refractivity contribution in [3.63, 3.8) is 0 Å². The summed E-state index contributed by atoms with van der Waals surface area (Å²) in [5, 5.41) is 13.9. The van der Waals surface area contributed by atoms with Crippen molar-refractivity contribution < 1.29 is 14.6 Å². The topological polar surface area (TPSA) is 74.7 Å². The van der Waals surface area contributed by atoms with Crippen molar-refractivity contribution in [2.75, 3.05) is 32.1 Å². The molecule has 3 rings (SSSR count). The molecule has 1 unspecified atom stereocenters. The van der Waals surface area contributed by atoms with Crippen LogP contribution in [-0.4, -0.2) is 53.8 Å². The molecule has 6 nitrogen and oxygen atoms in total. The van der Waals surface area contributed by atoms with Gasteiger partial charge in [0.25, 0.3) is 0 Å². The number of benzene rings is 1. The van der Waals surface area contributed by atoms with Crippen LogP contribution < -0.4 is 5.32 Å². The molecule has 1 aliphatic heterocycles. The quantitative estimate of drug-likeness (QED) is 0.748. The van der Waals surface area contributed by atoms with Crippen LogP contribution in [0.1, 0.15) is 20.8 Å². The Kier molecular flexibility index (Phi) is 5.90. The first-order valence-corrected chi connectivity index (χ1v) is 9.22. The molecule has 134 valence electrons. The van der Waals surface area contributed by atoms with E-state index in [-0.39, 0.29) is 10.0 Å². The van der Waals surface area contributed by atoms with E-state index in [1.165, 1.54) is 18.2 Å². The van der Waals surface area contributed by atoms with Gasteiger partial charge in [-0.3, -0.25) is 4.90 Å². The van der Waals surface area contributed by atoms with Gasteiger partial charge in [-0.2, -0.15) is 0 Å². The number of thiazole rings is 1. The van der Waals surface area contributed by atoms with Gasteiger partial charge in [-0.15, -0.1) is 0 Å². The summed E-state index contributed by atoms with van der Waals surface area (Å²) in [5.41, 5.74) is 2.71. The van der Waals surface area contributed by atoms with Crippen LogP contribution >= 0.6 is 22.9 Å². The summed E-state index contributed by atoms with van der Waals surface area (Å²) in [6, 6.07) is 8.41. The average molecular weight is 382 g/mol. The van der Waals surface area contributed by atoms with E-state index in [1.807, 2.05) is 6.07 Å². The molecule has 0 amide bonds. The number of aliphatic hydroxyl groups is 1. The Morgan fingerprint density at radius 2 is 2.24 bits per heavy atom. The highest BCUT2D eigenvalue weighted by atomic mass is 35.5. The third-order valence-electron chi connectivity index (χ3n) is 4.12. The molecule has 1 aliphatic rings. The summed E-state index contributed by atoms with van der Waals surface area (Å²) >= 11 is 7.04. The Morgan fingerprint density at radius 1 is 1.48 bits per heavy atom. The van der Waals surface area contributed by atoms with Crippen LogP contribution in [0, 0.1) is 0 Å². The monoisotopic (exact) mass is 381 g/mol. The Bertz CT molecular complexity index is 752. The zero-order valence-corrected chi connectivity index (χ0v) is 15.4. The van der Waals surface area contributed by atoms with E-state index in [0.717, 1.165) is 30.8 Å². The fourth-order valence-electron chi connectivity index (χ4n) is 2.87.